The molecule has 1 amide bonds. The Kier molecular flexibility index (Phi) is 5.36. The third-order valence-electron chi connectivity index (χ3n) is 3.55. The van der Waals surface area contributed by atoms with Crippen LogP contribution in [0.1, 0.15) is 18.0 Å². The first-order chi connectivity index (χ1) is 11.1. The number of nitrogens with one attached hydrogen (secondary N) is 1. The molecule has 1 aliphatic heterocycles. The average molecular weight is 368 g/mol. The molecule has 3 nitrogen and oxygen atoms in total. The second-order valence-corrected chi connectivity index (χ2v) is 7.02. The quantitative estimate of drug-likeness (QED) is 0.794. The van der Waals surface area contributed by atoms with Gasteiger partial charge in [0.2, 0.25) is 5.91 Å². The zero-order valence-electron chi connectivity index (χ0n) is 12.2. The number of halogens is 2. The first kappa shape index (κ1) is 16.5. The van der Waals surface area contributed by atoms with Gasteiger partial charge in [-0.3, -0.25) is 4.79 Å². The number of para-hydroxylation sites is 1. The van der Waals surface area contributed by atoms with Crippen LogP contribution in [-0.2, 0) is 4.79 Å². The maximum absolute atomic E-state index is 12.2. The number of rotatable bonds is 4. The van der Waals surface area contributed by atoms with E-state index in [4.69, 9.17) is 27.9 Å². The van der Waals surface area contributed by atoms with Gasteiger partial charge in [-0.2, -0.15) is 0 Å². The molecule has 0 spiro atoms. The highest BCUT2D eigenvalue weighted by molar-refractivity contribution is 8.00. The van der Waals surface area contributed by atoms with Crippen LogP contribution in [0.25, 0.3) is 0 Å². The third-order valence-corrected chi connectivity index (χ3v) is 5.28. The summed E-state index contributed by atoms with van der Waals surface area (Å²) in [5.41, 5.74) is 1.03. The molecule has 1 atom stereocenters. The van der Waals surface area contributed by atoms with Crippen LogP contribution in [0.5, 0.6) is 5.75 Å². The van der Waals surface area contributed by atoms with E-state index in [1.807, 2.05) is 24.3 Å². The van der Waals surface area contributed by atoms with E-state index in [1.54, 1.807) is 18.2 Å². The van der Waals surface area contributed by atoms with Crippen LogP contribution >= 0.6 is 35.0 Å². The van der Waals surface area contributed by atoms with Crippen LogP contribution in [0.4, 0.5) is 0 Å². The van der Waals surface area contributed by atoms with Gasteiger partial charge in [-0.1, -0.05) is 41.4 Å². The highest BCUT2D eigenvalue weighted by atomic mass is 35.5. The summed E-state index contributed by atoms with van der Waals surface area (Å²) in [4.78, 5) is 13.0. The van der Waals surface area contributed by atoms with Crippen molar-refractivity contribution in [2.75, 3.05) is 12.4 Å². The Bertz CT molecular complexity index is 723. The van der Waals surface area contributed by atoms with Crippen LogP contribution in [0, 0.1) is 0 Å². The SMILES string of the molecule is O=C(CSc1cc(Cl)ccc1Cl)NC1CCOc2ccccc21. The monoisotopic (exact) mass is 367 g/mol. The fraction of sp³-hybridized carbons (Fsp3) is 0.235. The van der Waals surface area contributed by atoms with E-state index in [0.717, 1.165) is 22.6 Å². The van der Waals surface area contributed by atoms with Gasteiger partial charge in [-0.05, 0) is 24.3 Å². The van der Waals surface area contributed by atoms with Crippen LogP contribution in [0.2, 0.25) is 10.0 Å². The summed E-state index contributed by atoms with van der Waals surface area (Å²) in [5.74, 6) is 1.10. The van der Waals surface area contributed by atoms with Gasteiger partial charge >= 0.3 is 0 Å². The van der Waals surface area contributed by atoms with Crippen molar-refractivity contribution in [3.05, 3.63) is 58.1 Å². The molecule has 120 valence electrons. The van der Waals surface area contributed by atoms with E-state index in [0.29, 0.717) is 22.4 Å². The summed E-state index contributed by atoms with van der Waals surface area (Å²) in [6.45, 7) is 0.606. The molecule has 1 heterocycles. The summed E-state index contributed by atoms with van der Waals surface area (Å²) in [7, 11) is 0. The molecule has 0 aromatic heterocycles. The van der Waals surface area contributed by atoms with Gasteiger partial charge < -0.3 is 10.1 Å². The minimum absolute atomic E-state index is 0.0112. The van der Waals surface area contributed by atoms with Crippen molar-refractivity contribution in [3.8, 4) is 5.75 Å². The summed E-state index contributed by atoms with van der Waals surface area (Å²) in [5, 5.41) is 4.27. The third kappa shape index (κ3) is 4.14. The lowest BCUT2D eigenvalue weighted by Crippen LogP contribution is -2.33. The molecule has 23 heavy (non-hydrogen) atoms. The zero-order chi connectivity index (χ0) is 16.2. The summed E-state index contributed by atoms with van der Waals surface area (Å²) in [6.07, 6.45) is 0.769. The lowest BCUT2D eigenvalue weighted by molar-refractivity contribution is -0.119. The smallest absolute Gasteiger partial charge is 0.230 e. The van der Waals surface area contributed by atoms with Crippen molar-refractivity contribution in [1.29, 1.82) is 0 Å². The summed E-state index contributed by atoms with van der Waals surface area (Å²) >= 11 is 13.4. The second-order valence-electron chi connectivity index (χ2n) is 5.16. The highest BCUT2D eigenvalue weighted by Gasteiger charge is 2.22. The van der Waals surface area contributed by atoms with E-state index in [9.17, 15) is 4.79 Å². The number of hydrogen-bond acceptors (Lipinski definition) is 3. The minimum Gasteiger partial charge on any atom is -0.493 e. The lowest BCUT2D eigenvalue weighted by atomic mass is 10.0. The van der Waals surface area contributed by atoms with Gasteiger partial charge in [0.25, 0.3) is 0 Å². The van der Waals surface area contributed by atoms with Crippen molar-refractivity contribution >= 4 is 40.9 Å². The van der Waals surface area contributed by atoms with Gasteiger partial charge in [0.05, 0.1) is 23.4 Å². The van der Waals surface area contributed by atoms with E-state index in [-0.39, 0.29) is 11.9 Å². The molecule has 1 unspecified atom stereocenters. The molecule has 0 radical (unpaired) electrons. The molecule has 2 aromatic rings. The molecule has 3 rings (SSSR count). The van der Waals surface area contributed by atoms with Crippen LogP contribution < -0.4 is 10.1 Å². The van der Waals surface area contributed by atoms with Gasteiger partial charge in [0.15, 0.2) is 0 Å². The topological polar surface area (TPSA) is 38.3 Å². The van der Waals surface area contributed by atoms with Crippen molar-refractivity contribution < 1.29 is 9.53 Å². The standard InChI is InChI=1S/C17H15Cl2NO2S/c18-11-5-6-13(19)16(9-11)23-10-17(21)20-14-7-8-22-15-4-2-1-3-12(14)15/h1-6,9,14H,7-8,10H2,(H,20,21). The first-order valence-corrected chi connectivity index (χ1v) is 8.96. The largest absolute Gasteiger partial charge is 0.493 e. The molecule has 0 aliphatic carbocycles. The number of carbonyl (C=O) groups excluding carboxylic acids is 1. The molecule has 2 aromatic carbocycles. The minimum atomic E-state index is -0.0345. The van der Waals surface area contributed by atoms with Gasteiger partial charge in [-0.15, -0.1) is 11.8 Å². The van der Waals surface area contributed by atoms with Gasteiger partial charge in [0, 0.05) is 21.9 Å². The fourth-order valence-electron chi connectivity index (χ4n) is 2.46. The lowest BCUT2D eigenvalue weighted by Gasteiger charge is -2.26. The van der Waals surface area contributed by atoms with E-state index in [2.05, 4.69) is 5.32 Å². The van der Waals surface area contributed by atoms with Gasteiger partial charge in [0.1, 0.15) is 5.75 Å². The Morgan fingerprint density at radius 1 is 1.26 bits per heavy atom. The molecular formula is C17H15Cl2NO2S. The number of carbonyl (C=O) groups is 1. The van der Waals surface area contributed by atoms with E-state index >= 15 is 0 Å². The predicted molar refractivity (Wildman–Crippen MR) is 94.6 cm³/mol. The second kappa shape index (κ2) is 7.47. The Balaban J connectivity index is 1.61. The van der Waals surface area contributed by atoms with E-state index < -0.39 is 0 Å². The normalized spacial score (nSPS) is 16.3. The predicted octanol–water partition coefficient (Wildman–Crippen LogP) is 4.73. The van der Waals surface area contributed by atoms with Gasteiger partial charge in [-0.25, -0.2) is 0 Å². The zero-order valence-corrected chi connectivity index (χ0v) is 14.5. The molecule has 0 bridgehead atoms. The molecule has 0 saturated heterocycles. The van der Waals surface area contributed by atoms with Crippen LogP contribution in [0.15, 0.2) is 47.4 Å². The Hall–Kier alpha value is -1.36. The first-order valence-electron chi connectivity index (χ1n) is 7.22. The fourth-order valence-corrected chi connectivity index (χ4v) is 3.76. The summed E-state index contributed by atoms with van der Waals surface area (Å²) < 4.78 is 5.60. The average Bonchev–Trinajstić information content (AvgIpc) is 2.56. The Morgan fingerprint density at radius 3 is 2.96 bits per heavy atom. The molecule has 0 saturated carbocycles. The van der Waals surface area contributed by atoms with Crippen molar-refractivity contribution in [2.24, 2.45) is 0 Å². The maximum Gasteiger partial charge on any atom is 0.230 e. The van der Waals surface area contributed by atoms with Crippen molar-refractivity contribution in [2.45, 2.75) is 17.4 Å². The van der Waals surface area contributed by atoms with Crippen LogP contribution in [0.3, 0.4) is 0 Å². The molecule has 1 N–H and O–H groups in total. The Labute approximate surface area is 149 Å². The van der Waals surface area contributed by atoms with Crippen molar-refractivity contribution in [1.82, 2.24) is 5.32 Å². The number of amides is 1. The number of ether oxygens (including phenoxy) is 1. The van der Waals surface area contributed by atoms with Crippen molar-refractivity contribution in [3.63, 3.8) is 0 Å². The number of fused-ring (bicyclic) bond motifs is 1. The molecule has 6 heteroatoms. The highest BCUT2D eigenvalue weighted by Crippen LogP contribution is 2.32. The maximum atomic E-state index is 12.2. The van der Waals surface area contributed by atoms with Crippen LogP contribution in [-0.4, -0.2) is 18.3 Å². The molecule has 1 aliphatic rings. The molecule has 0 fully saturated rings. The molecular weight excluding hydrogens is 353 g/mol. The number of benzene rings is 2. The Morgan fingerprint density at radius 2 is 2.09 bits per heavy atom. The number of thioether (sulfide) groups is 1. The summed E-state index contributed by atoms with van der Waals surface area (Å²) in [6, 6.07) is 13.0. The van der Waals surface area contributed by atoms with E-state index in [1.165, 1.54) is 11.8 Å². The number of hydrogen-bond donors (Lipinski definition) is 1.